The Bertz CT molecular complexity index is 519. The molecule has 0 aliphatic heterocycles. The minimum Gasteiger partial charge on any atom is -0.405 e. The highest BCUT2D eigenvalue weighted by Crippen LogP contribution is 1.96. The average molecular weight is 342 g/mol. The van der Waals surface area contributed by atoms with Crippen LogP contribution in [0.1, 0.15) is 6.92 Å². The Morgan fingerprint density at radius 2 is 1.86 bits per heavy atom. The minimum atomic E-state index is 0.399. The molecule has 0 atom stereocenters. The lowest BCUT2D eigenvalue weighted by molar-refractivity contribution is 0.975. The van der Waals surface area contributed by atoms with Crippen LogP contribution < -0.4 is 21.9 Å². The van der Waals surface area contributed by atoms with Gasteiger partial charge in [-0.3, -0.25) is 20.8 Å². The molecule has 0 amide bonds. The van der Waals surface area contributed by atoms with Crippen molar-refractivity contribution in [1.82, 2.24) is 16.2 Å². The maximum atomic E-state index is 5.44. The topological polar surface area (TPSA) is 112 Å². The van der Waals surface area contributed by atoms with Crippen molar-refractivity contribution in [2.24, 2.45) is 25.9 Å². The summed E-state index contributed by atoms with van der Waals surface area (Å²) < 4.78 is 0. The predicted molar refractivity (Wildman–Crippen MR) is 102 cm³/mol. The first-order valence-corrected chi connectivity index (χ1v) is 7.89. The van der Waals surface area contributed by atoms with Crippen molar-refractivity contribution in [1.29, 1.82) is 0 Å². The molecule has 10 heteroatoms. The Morgan fingerprint density at radius 1 is 1.18 bits per heavy atom. The molecule has 0 aromatic carbocycles. The van der Waals surface area contributed by atoms with Crippen molar-refractivity contribution in [2.45, 2.75) is 6.92 Å². The first kappa shape index (κ1) is 20.1. The third-order valence-corrected chi connectivity index (χ3v) is 3.25. The molecule has 22 heavy (non-hydrogen) atoms. The van der Waals surface area contributed by atoms with E-state index in [4.69, 9.17) is 18.0 Å². The standard InChI is InChI=1S/C12H22N8S2/c1-8(17-19-11(21)15-3)10(9(14-2)6-7-13)18-20-12(16-4)22-5/h6-7H,13H2,1-5H3,(H,16,20)(H2,15,19,21)/b7-6-,14-9?,17-8+,18-10-. The van der Waals surface area contributed by atoms with Crippen LogP contribution in [0.4, 0.5) is 0 Å². The molecule has 0 spiro atoms. The Hall–Kier alpha value is -1.94. The van der Waals surface area contributed by atoms with Crippen molar-refractivity contribution in [3.8, 4) is 0 Å². The summed E-state index contributed by atoms with van der Waals surface area (Å²) in [5.74, 6) is 0. The van der Waals surface area contributed by atoms with Gasteiger partial charge in [-0.15, -0.1) is 0 Å². The molecule has 0 bridgehead atoms. The number of thioether (sulfide) groups is 1. The molecular weight excluding hydrogens is 320 g/mol. The summed E-state index contributed by atoms with van der Waals surface area (Å²) in [6.45, 7) is 1.78. The molecule has 0 aliphatic carbocycles. The van der Waals surface area contributed by atoms with E-state index in [0.29, 0.717) is 27.4 Å². The first-order valence-electron chi connectivity index (χ1n) is 6.26. The number of nitrogens with zero attached hydrogens (tertiary/aromatic N) is 4. The summed E-state index contributed by atoms with van der Waals surface area (Å²) in [4.78, 5) is 8.20. The highest BCUT2D eigenvalue weighted by molar-refractivity contribution is 8.13. The molecule has 0 aliphatic rings. The van der Waals surface area contributed by atoms with Gasteiger partial charge in [-0.05, 0) is 37.7 Å². The number of thiocarbonyl (C=S) groups is 1. The van der Waals surface area contributed by atoms with Crippen molar-refractivity contribution < 1.29 is 0 Å². The van der Waals surface area contributed by atoms with Gasteiger partial charge in [0, 0.05) is 21.1 Å². The highest BCUT2D eigenvalue weighted by Gasteiger charge is 2.11. The van der Waals surface area contributed by atoms with E-state index in [1.54, 1.807) is 34.1 Å². The molecule has 0 fully saturated rings. The van der Waals surface area contributed by atoms with Gasteiger partial charge >= 0.3 is 0 Å². The lowest BCUT2D eigenvalue weighted by atomic mass is 10.1. The number of allylic oxidation sites excluding steroid dienone is 1. The first-order chi connectivity index (χ1) is 10.5. The van der Waals surface area contributed by atoms with Crippen LogP contribution in [-0.4, -0.2) is 54.8 Å². The second-order valence-electron chi connectivity index (χ2n) is 3.66. The van der Waals surface area contributed by atoms with Crippen molar-refractivity contribution >= 4 is 51.4 Å². The van der Waals surface area contributed by atoms with Crippen LogP contribution >= 0.6 is 24.0 Å². The molecule has 0 saturated heterocycles. The van der Waals surface area contributed by atoms with E-state index < -0.39 is 0 Å². The number of rotatable bonds is 5. The number of amidine groups is 1. The summed E-state index contributed by atoms with van der Waals surface area (Å²) in [5.41, 5.74) is 12.7. The molecular formula is C12H22N8S2. The predicted octanol–water partition coefficient (Wildman–Crippen LogP) is 0.294. The third kappa shape index (κ3) is 7.18. The van der Waals surface area contributed by atoms with E-state index >= 15 is 0 Å². The SMILES string of the molecule is CN=C(N/N=C(C(/C=C\N)=NC)/C(C)=N/NC(=S)NC)SC. The van der Waals surface area contributed by atoms with Gasteiger partial charge in [-0.25, -0.2) is 0 Å². The largest absolute Gasteiger partial charge is 0.405 e. The number of nitrogens with two attached hydrogens (primary N) is 1. The van der Waals surface area contributed by atoms with Crippen LogP contribution in [0, 0.1) is 0 Å². The second kappa shape index (κ2) is 11.7. The monoisotopic (exact) mass is 342 g/mol. The van der Waals surface area contributed by atoms with E-state index in [1.807, 2.05) is 6.26 Å². The molecule has 0 heterocycles. The zero-order valence-electron chi connectivity index (χ0n) is 13.3. The Balaban J connectivity index is 5.50. The summed E-state index contributed by atoms with van der Waals surface area (Å²) in [5, 5.41) is 12.3. The van der Waals surface area contributed by atoms with Gasteiger partial charge in [0.15, 0.2) is 10.3 Å². The number of hydrogen-bond donors (Lipinski definition) is 4. The molecule has 0 unspecified atom stereocenters. The average Bonchev–Trinajstić information content (AvgIpc) is 2.54. The summed E-state index contributed by atoms with van der Waals surface area (Å²) in [6.07, 6.45) is 4.92. The maximum absolute atomic E-state index is 5.44. The van der Waals surface area contributed by atoms with E-state index in [-0.39, 0.29) is 0 Å². The Kier molecular flexibility index (Phi) is 10.7. The summed E-state index contributed by atoms with van der Waals surface area (Å²) in [7, 11) is 5.03. The molecule has 8 nitrogen and oxygen atoms in total. The van der Waals surface area contributed by atoms with Gasteiger partial charge < -0.3 is 11.1 Å². The van der Waals surface area contributed by atoms with E-state index in [9.17, 15) is 0 Å². The van der Waals surface area contributed by atoms with Crippen LogP contribution in [0.2, 0.25) is 0 Å². The van der Waals surface area contributed by atoms with Gasteiger partial charge in [-0.2, -0.15) is 10.2 Å². The fourth-order valence-corrected chi connectivity index (χ4v) is 1.57. The summed E-state index contributed by atoms with van der Waals surface area (Å²) >= 11 is 6.42. The second-order valence-corrected chi connectivity index (χ2v) is 4.86. The molecule has 0 saturated carbocycles. The number of hydrazone groups is 2. The molecule has 0 rings (SSSR count). The summed E-state index contributed by atoms with van der Waals surface area (Å²) in [6, 6.07) is 0. The van der Waals surface area contributed by atoms with Crippen LogP contribution in [0.15, 0.2) is 32.5 Å². The van der Waals surface area contributed by atoms with Crippen molar-refractivity contribution in [3.63, 3.8) is 0 Å². The smallest absolute Gasteiger partial charge is 0.186 e. The molecule has 5 N–H and O–H groups in total. The van der Waals surface area contributed by atoms with Crippen LogP contribution in [0.5, 0.6) is 0 Å². The quantitative estimate of drug-likeness (QED) is 0.247. The van der Waals surface area contributed by atoms with Crippen molar-refractivity contribution in [3.05, 3.63) is 12.3 Å². The van der Waals surface area contributed by atoms with Gasteiger partial charge in [0.1, 0.15) is 5.71 Å². The molecule has 0 aromatic heterocycles. The Labute approximate surface area is 140 Å². The third-order valence-electron chi connectivity index (χ3n) is 2.29. The molecule has 0 aromatic rings. The number of hydrogen-bond acceptors (Lipinski definition) is 7. The Morgan fingerprint density at radius 3 is 2.32 bits per heavy atom. The van der Waals surface area contributed by atoms with Gasteiger partial charge in [0.25, 0.3) is 0 Å². The lowest BCUT2D eigenvalue weighted by Gasteiger charge is -2.09. The fourth-order valence-electron chi connectivity index (χ4n) is 1.21. The van der Waals surface area contributed by atoms with Crippen LogP contribution in [0.25, 0.3) is 0 Å². The lowest BCUT2D eigenvalue weighted by Crippen LogP contribution is -2.32. The normalized spacial score (nSPS) is 14.2. The molecule has 0 radical (unpaired) electrons. The van der Waals surface area contributed by atoms with Gasteiger partial charge in [0.05, 0.1) is 11.4 Å². The van der Waals surface area contributed by atoms with Crippen LogP contribution in [-0.2, 0) is 0 Å². The highest BCUT2D eigenvalue weighted by atomic mass is 32.2. The van der Waals surface area contributed by atoms with Gasteiger partial charge in [-0.1, -0.05) is 11.8 Å². The minimum absolute atomic E-state index is 0.399. The zero-order valence-corrected chi connectivity index (χ0v) is 15.0. The van der Waals surface area contributed by atoms with Gasteiger partial charge in [0.2, 0.25) is 0 Å². The van der Waals surface area contributed by atoms with Crippen LogP contribution in [0.3, 0.4) is 0 Å². The number of aliphatic imine (C=N–C) groups is 2. The van der Waals surface area contributed by atoms with E-state index in [0.717, 1.165) is 0 Å². The fraction of sp³-hybridized carbons (Fsp3) is 0.417. The van der Waals surface area contributed by atoms with E-state index in [2.05, 4.69) is 36.4 Å². The van der Waals surface area contributed by atoms with Crippen molar-refractivity contribution in [2.75, 3.05) is 27.4 Å². The van der Waals surface area contributed by atoms with E-state index in [1.165, 1.54) is 18.0 Å². The number of nitrogens with one attached hydrogen (secondary N) is 3. The maximum Gasteiger partial charge on any atom is 0.186 e. The zero-order chi connectivity index (χ0) is 17.0. The molecule has 122 valence electrons.